The zero-order chi connectivity index (χ0) is 21.5. The topological polar surface area (TPSA) is 74.6 Å². The van der Waals surface area contributed by atoms with Gasteiger partial charge in [0.05, 0.1) is 11.1 Å². The zero-order valence-corrected chi connectivity index (χ0v) is 14.0. The van der Waals surface area contributed by atoms with Crippen LogP contribution in [-0.2, 0) is 5.41 Å². The van der Waals surface area contributed by atoms with E-state index in [4.69, 9.17) is 10.2 Å². The van der Waals surface area contributed by atoms with E-state index in [0.717, 1.165) is 12.1 Å². The van der Waals surface area contributed by atoms with Crippen LogP contribution in [0.4, 0.5) is 26.3 Å². The van der Waals surface area contributed by atoms with E-state index in [0.29, 0.717) is 29.8 Å². The molecule has 0 aromatic heterocycles. The molecule has 0 aliphatic rings. The number of carboxylic acids is 2. The highest BCUT2D eigenvalue weighted by Gasteiger charge is 2.72. The third-order valence-electron chi connectivity index (χ3n) is 4.25. The first-order valence-corrected chi connectivity index (χ1v) is 7.55. The molecule has 0 radical (unpaired) electrons. The minimum absolute atomic E-state index is 0.104. The molecular formula is C18H12F6O4. The molecule has 0 atom stereocenters. The van der Waals surface area contributed by atoms with Crippen LogP contribution in [0, 0.1) is 6.92 Å². The fourth-order valence-corrected chi connectivity index (χ4v) is 2.93. The van der Waals surface area contributed by atoms with Gasteiger partial charge in [-0.15, -0.1) is 0 Å². The highest BCUT2D eigenvalue weighted by Crippen LogP contribution is 2.56. The Hall–Kier alpha value is -3.04. The first kappa shape index (κ1) is 21.3. The first-order valence-electron chi connectivity index (χ1n) is 7.55. The molecule has 0 saturated heterocycles. The summed E-state index contributed by atoms with van der Waals surface area (Å²) in [4.78, 5) is 22.3. The van der Waals surface area contributed by atoms with Gasteiger partial charge in [-0.2, -0.15) is 26.3 Å². The van der Waals surface area contributed by atoms with Crippen LogP contribution in [0.15, 0.2) is 42.5 Å². The Morgan fingerprint density at radius 3 is 1.54 bits per heavy atom. The van der Waals surface area contributed by atoms with E-state index in [2.05, 4.69) is 0 Å². The van der Waals surface area contributed by atoms with Gasteiger partial charge in [0.25, 0.3) is 0 Å². The smallest absolute Gasteiger partial charge is 0.411 e. The van der Waals surface area contributed by atoms with E-state index in [-0.39, 0.29) is 6.07 Å². The van der Waals surface area contributed by atoms with Crippen molar-refractivity contribution in [3.05, 3.63) is 70.3 Å². The van der Waals surface area contributed by atoms with Crippen molar-refractivity contribution in [2.45, 2.75) is 24.7 Å². The van der Waals surface area contributed by atoms with Gasteiger partial charge in [0.15, 0.2) is 0 Å². The van der Waals surface area contributed by atoms with Crippen LogP contribution in [0.3, 0.4) is 0 Å². The number of halogens is 6. The van der Waals surface area contributed by atoms with Crippen molar-refractivity contribution in [1.29, 1.82) is 0 Å². The summed E-state index contributed by atoms with van der Waals surface area (Å²) in [6.45, 7) is 1.47. The Morgan fingerprint density at radius 1 is 0.714 bits per heavy atom. The number of hydrogen-bond donors (Lipinski definition) is 2. The maximum absolute atomic E-state index is 14.0. The number of alkyl halides is 6. The Morgan fingerprint density at radius 2 is 1.14 bits per heavy atom. The number of carbonyl (C=O) groups is 2. The largest absolute Gasteiger partial charge is 0.478 e. The molecule has 0 amide bonds. The number of carboxylic acid groups (broad SMARTS) is 2. The Labute approximate surface area is 154 Å². The maximum Gasteiger partial charge on any atom is 0.411 e. The van der Waals surface area contributed by atoms with E-state index in [1.807, 2.05) is 0 Å². The van der Waals surface area contributed by atoms with E-state index in [9.17, 15) is 35.9 Å². The van der Waals surface area contributed by atoms with Crippen molar-refractivity contribution in [1.82, 2.24) is 0 Å². The van der Waals surface area contributed by atoms with Gasteiger partial charge in [-0.05, 0) is 30.2 Å². The molecule has 2 N–H and O–H groups in total. The maximum atomic E-state index is 14.0. The highest BCUT2D eigenvalue weighted by atomic mass is 19.4. The van der Waals surface area contributed by atoms with Gasteiger partial charge < -0.3 is 10.2 Å². The summed E-state index contributed by atoms with van der Waals surface area (Å²) in [6, 6.07) is 4.28. The summed E-state index contributed by atoms with van der Waals surface area (Å²) in [5.41, 5.74) is -8.87. The quantitative estimate of drug-likeness (QED) is 0.716. The van der Waals surface area contributed by atoms with Crippen molar-refractivity contribution >= 4 is 11.9 Å². The molecule has 4 nitrogen and oxygen atoms in total. The second-order valence-electron chi connectivity index (χ2n) is 5.98. The van der Waals surface area contributed by atoms with Crippen LogP contribution in [0.5, 0.6) is 0 Å². The fraction of sp³-hybridized carbons (Fsp3) is 0.222. The van der Waals surface area contributed by atoms with E-state index in [1.54, 1.807) is 0 Å². The predicted molar refractivity (Wildman–Crippen MR) is 84.4 cm³/mol. The summed E-state index contributed by atoms with van der Waals surface area (Å²) < 4.78 is 83.7. The van der Waals surface area contributed by atoms with Gasteiger partial charge >= 0.3 is 24.3 Å². The standard InChI is InChI=1S/C18H12F6O4/c1-9-2-4-10(5-3-9)16(17(19,20)21,18(22,23)24)11-6-7-12(14(25)26)13(8-11)15(27)28/h2-8H,1H3,(H,25,26)(H,27,28). The van der Waals surface area contributed by atoms with Gasteiger partial charge in [-0.25, -0.2) is 9.59 Å². The summed E-state index contributed by atoms with van der Waals surface area (Å²) in [7, 11) is 0. The Bertz CT molecular complexity index is 899. The summed E-state index contributed by atoms with van der Waals surface area (Å²) in [5, 5.41) is 18.1. The molecule has 0 heterocycles. The van der Waals surface area contributed by atoms with Crippen LogP contribution < -0.4 is 0 Å². The molecule has 2 rings (SSSR count). The van der Waals surface area contributed by atoms with Crippen LogP contribution in [0.1, 0.15) is 37.4 Å². The molecule has 0 spiro atoms. The van der Waals surface area contributed by atoms with Crippen molar-refractivity contribution in [2.24, 2.45) is 0 Å². The van der Waals surface area contributed by atoms with Gasteiger partial charge in [0.1, 0.15) is 0 Å². The fourth-order valence-electron chi connectivity index (χ4n) is 2.93. The average molecular weight is 406 g/mol. The Kier molecular flexibility index (Phi) is 5.20. The second kappa shape index (κ2) is 6.84. The second-order valence-corrected chi connectivity index (χ2v) is 5.98. The molecule has 0 saturated carbocycles. The van der Waals surface area contributed by atoms with Crippen molar-refractivity contribution in [3.63, 3.8) is 0 Å². The highest BCUT2D eigenvalue weighted by molar-refractivity contribution is 6.01. The number of aromatic carboxylic acids is 2. The van der Waals surface area contributed by atoms with Gasteiger partial charge in [0.2, 0.25) is 5.41 Å². The molecule has 10 heteroatoms. The summed E-state index contributed by atoms with van der Waals surface area (Å²) in [6.07, 6.45) is -11.8. The lowest BCUT2D eigenvalue weighted by Gasteiger charge is -2.38. The molecule has 0 aliphatic heterocycles. The molecule has 0 aliphatic carbocycles. The lowest BCUT2D eigenvalue weighted by atomic mass is 9.72. The molecule has 150 valence electrons. The summed E-state index contributed by atoms with van der Waals surface area (Å²) in [5.74, 6) is -3.77. The van der Waals surface area contributed by atoms with Gasteiger partial charge in [0, 0.05) is 0 Å². The monoisotopic (exact) mass is 406 g/mol. The normalized spacial score (nSPS) is 12.7. The van der Waals surface area contributed by atoms with E-state index in [1.165, 1.54) is 6.92 Å². The van der Waals surface area contributed by atoms with Crippen LogP contribution in [0.2, 0.25) is 0 Å². The van der Waals surface area contributed by atoms with Gasteiger partial charge in [-0.1, -0.05) is 35.9 Å². The molecule has 28 heavy (non-hydrogen) atoms. The van der Waals surface area contributed by atoms with Crippen LogP contribution in [0.25, 0.3) is 0 Å². The predicted octanol–water partition coefficient (Wildman–Crippen LogP) is 4.80. The lowest BCUT2D eigenvalue weighted by Crippen LogP contribution is -2.54. The molecule has 2 aromatic carbocycles. The van der Waals surface area contributed by atoms with Crippen molar-refractivity contribution in [2.75, 3.05) is 0 Å². The number of rotatable bonds is 4. The number of aryl methyl sites for hydroxylation is 1. The molecule has 0 unspecified atom stereocenters. The van der Waals surface area contributed by atoms with E-state index < -0.39 is 52.0 Å². The number of hydrogen-bond acceptors (Lipinski definition) is 2. The SMILES string of the molecule is Cc1ccc(C(c2ccc(C(=O)O)c(C(=O)O)c2)(C(F)(F)F)C(F)(F)F)cc1. The first-order chi connectivity index (χ1) is 12.7. The summed E-state index contributed by atoms with van der Waals surface area (Å²) >= 11 is 0. The van der Waals surface area contributed by atoms with Crippen LogP contribution >= 0.6 is 0 Å². The van der Waals surface area contributed by atoms with Crippen molar-refractivity contribution < 1.29 is 46.1 Å². The minimum Gasteiger partial charge on any atom is -0.478 e. The van der Waals surface area contributed by atoms with Crippen molar-refractivity contribution in [3.8, 4) is 0 Å². The molecule has 0 fully saturated rings. The minimum atomic E-state index is -5.90. The van der Waals surface area contributed by atoms with E-state index >= 15 is 0 Å². The number of benzene rings is 2. The third-order valence-corrected chi connectivity index (χ3v) is 4.25. The zero-order valence-electron chi connectivity index (χ0n) is 14.0. The molecule has 0 bridgehead atoms. The third kappa shape index (κ3) is 3.30. The molecule has 2 aromatic rings. The molecular weight excluding hydrogens is 394 g/mol. The van der Waals surface area contributed by atoms with Crippen LogP contribution in [-0.4, -0.2) is 34.5 Å². The lowest BCUT2D eigenvalue weighted by molar-refractivity contribution is -0.288. The average Bonchev–Trinajstić information content (AvgIpc) is 2.54. The Balaban J connectivity index is 2.98. The van der Waals surface area contributed by atoms with Gasteiger partial charge in [-0.3, -0.25) is 0 Å².